The summed E-state index contributed by atoms with van der Waals surface area (Å²) in [6.07, 6.45) is 1.43. The number of hydrogen-bond acceptors (Lipinski definition) is 3. The van der Waals surface area contributed by atoms with E-state index < -0.39 is 5.25 Å². The highest BCUT2D eigenvalue weighted by molar-refractivity contribution is 8.00. The Morgan fingerprint density at radius 2 is 1.54 bits per heavy atom. The van der Waals surface area contributed by atoms with E-state index in [1.165, 1.54) is 18.0 Å². The highest BCUT2D eigenvalue weighted by atomic mass is 32.2. The summed E-state index contributed by atoms with van der Waals surface area (Å²) in [5.74, 6) is -0.166. The Kier molecular flexibility index (Phi) is 5.13. The molecular formula is C19H16N2O2S. The largest absolute Gasteiger partial charge is 0.618 e. The van der Waals surface area contributed by atoms with E-state index in [4.69, 9.17) is 0 Å². The second-order valence-corrected chi connectivity index (χ2v) is 6.25. The molecule has 5 heteroatoms. The number of para-hydroxylation sites is 1. The molecule has 0 radical (unpaired) electrons. The van der Waals surface area contributed by atoms with E-state index in [9.17, 15) is 10.0 Å². The zero-order chi connectivity index (χ0) is 16.8. The number of rotatable bonds is 5. The normalized spacial score (nSPS) is 11.7. The summed E-state index contributed by atoms with van der Waals surface area (Å²) in [7, 11) is 0. The Morgan fingerprint density at radius 1 is 0.917 bits per heavy atom. The third-order valence-electron chi connectivity index (χ3n) is 3.41. The molecule has 24 heavy (non-hydrogen) atoms. The van der Waals surface area contributed by atoms with Crippen molar-refractivity contribution in [2.75, 3.05) is 5.32 Å². The van der Waals surface area contributed by atoms with Crippen LogP contribution >= 0.6 is 11.8 Å². The van der Waals surface area contributed by atoms with Crippen molar-refractivity contribution < 1.29 is 9.52 Å². The van der Waals surface area contributed by atoms with Crippen LogP contribution in [0.1, 0.15) is 10.8 Å². The first-order valence-corrected chi connectivity index (χ1v) is 8.38. The minimum absolute atomic E-state index is 0.166. The molecule has 120 valence electrons. The molecule has 1 N–H and O–H groups in total. The SMILES string of the molecule is O=C(Nc1ccccc1)[C@H](Sc1cccc[n+]1[O-])c1ccccc1. The highest BCUT2D eigenvalue weighted by Gasteiger charge is 2.25. The fourth-order valence-corrected chi connectivity index (χ4v) is 3.28. The maximum absolute atomic E-state index is 12.8. The number of anilines is 1. The fourth-order valence-electron chi connectivity index (χ4n) is 2.25. The van der Waals surface area contributed by atoms with Crippen molar-refractivity contribution in [2.45, 2.75) is 10.3 Å². The number of nitrogens with zero attached hydrogens (tertiary/aromatic N) is 1. The van der Waals surface area contributed by atoms with Crippen LogP contribution in [0.15, 0.2) is 90.1 Å². The number of benzene rings is 2. The molecule has 0 aliphatic rings. The number of hydrogen-bond donors (Lipinski definition) is 1. The van der Waals surface area contributed by atoms with Crippen LogP contribution < -0.4 is 10.0 Å². The topological polar surface area (TPSA) is 56.0 Å². The molecule has 0 saturated heterocycles. The summed E-state index contributed by atoms with van der Waals surface area (Å²) in [4.78, 5) is 12.8. The summed E-state index contributed by atoms with van der Waals surface area (Å²) < 4.78 is 0.774. The number of carbonyl (C=O) groups excluding carboxylic acids is 1. The van der Waals surface area contributed by atoms with Crippen molar-refractivity contribution in [3.63, 3.8) is 0 Å². The molecule has 0 saturated carbocycles. The number of pyridine rings is 1. The lowest BCUT2D eigenvalue weighted by Gasteiger charge is -2.16. The van der Waals surface area contributed by atoms with Crippen molar-refractivity contribution in [1.82, 2.24) is 0 Å². The molecule has 0 spiro atoms. The van der Waals surface area contributed by atoms with Crippen LogP contribution in [0, 0.1) is 5.21 Å². The zero-order valence-corrected chi connectivity index (χ0v) is 13.6. The minimum Gasteiger partial charge on any atom is -0.618 e. The number of aromatic nitrogens is 1. The third kappa shape index (κ3) is 3.94. The Hall–Kier alpha value is -2.79. The van der Waals surface area contributed by atoms with Crippen LogP contribution in [0.5, 0.6) is 0 Å². The lowest BCUT2D eigenvalue weighted by atomic mass is 10.1. The summed E-state index contributed by atoms with van der Waals surface area (Å²) in [6.45, 7) is 0. The maximum Gasteiger partial charge on any atom is 0.252 e. The molecule has 0 bridgehead atoms. The molecule has 0 aliphatic carbocycles. The van der Waals surface area contributed by atoms with Gasteiger partial charge in [0.1, 0.15) is 5.25 Å². The third-order valence-corrected chi connectivity index (χ3v) is 4.69. The Balaban J connectivity index is 1.88. The lowest BCUT2D eigenvalue weighted by Crippen LogP contribution is -2.29. The van der Waals surface area contributed by atoms with Gasteiger partial charge in [0.15, 0.2) is 6.20 Å². The van der Waals surface area contributed by atoms with Gasteiger partial charge in [-0.3, -0.25) is 4.79 Å². The predicted molar refractivity (Wildman–Crippen MR) is 95.5 cm³/mol. The van der Waals surface area contributed by atoms with E-state index in [0.29, 0.717) is 5.03 Å². The molecule has 4 nitrogen and oxygen atoms in total. The average molecular weight is 336 g/mol. The van der Waals surface area contributed by atoms with E-state index in [0.717, 1.165) is 16.0 Å². The minimum atomic E-state index is -0.519. The van der Waals surface area contributed by atoms with Gasteiger partial charge in [0, 0.05) is 17.8 Å². The van der Waals surface area contributed by atoms with Gasteiger partial charge >= 0.3 is 0 Å². The molecule has 1 aromatic heterocycles. The molecule has 0 unspecified atom stereocenters. The summed E-state index contributed by atoms with van der Waals surface area (Å²) >= 11 is 1.23. The second-order valence-electron chi connectivity index (χ2n) is 5.13. The average Bonchev–Trinajstić information content (AvgIpc) is 2.62. The van der Waals surface area contributed by atoms with E-state index in [1.807, 2.05) is 60.7 Å². The molecular weight excluding hydrogens is 320 g/mol. The van der Waals surface area contributed by atoms with Crippen LogP contribution in [0.3, 0.4) is 0 Å². The van der Waals surface area contributed by atoms with Crippen molar-refractivity contribution in [3.05, 3.63) is 95.8 Å². The van der Waals surface area contributed by atoms with Crippen LogP contribution in [0.25, 0.3) is 0 Å². The quantitative estimate of drug-likeness (QED) is 0.438. The van der Waals surface area contributed by atoms with Crippen LogP contribution in [0.4, 0.5) is 5.69 Å². The predicted octanol–water partition coefficient (Wildman–Crippen LogP) is 3.79. The second kappa shape index (κ2) is 7.66. The lowest BCUT2D eigenvalue weighted by molar-refractivity contribution is -0.645. The first-order valence-electron chi connectivity index (χ1n) is 7.50. The number of nitrogens with one attached hydrogen (secondary N) is 1. The van der Waals surface area contributed by atoms with Gasteiger partial charge in [0.2, 0.25) is 5.91 Å². The van der Waals surface area contributed by atoms with E-state index in [2.05, 4.69) is 5.32 Å². The van der Waals surface area contributed by atoms with Gasteiger partial charge in [0.25, 0.3) is 5.03 Å². The molecule has 2 aromatic carbocycles. The summed E-state index contributed by atoms with van der Waals surface area (Å²) in [6, 6.07) is 23.9. The molecule has 1 atom stereocenters. The molecule has 1 amide bonds. The number of amides is 1. The van der Waals surface area contributed by atoms with Gasteiger partial charge in [0.05, 0.1) is 0 Å². The molecule has 1 heterocycles. The van der Waals surface area contributed by atoms with Gasteiger partial charge in [-0.2, -0.15) is 4.73 Å². The van der Waals surface area contributed by atoms with Gasteiger partial charge in [-0.05, 0) is 35.5 Å². The Bertz CT molecular complexity index is 810. The molecule has 0 fully saturated rings. The summed E-state index contributed by atoms with van der Waals surface area (Å²) in [5, 5.41) is 14.8. The van der Waals surface area contributed by atoms with E-state index >= 15 is 0 Å². The first-order chi connectivity index (χ1) is 11.7. The van der Waals surface area contributed by atoms with Crippen LogP contribution in [-0.4, -0.2) is 5.91 Å². The van der Waals surface area contributed by atoms with Crippen molar-refractivity contribution in [1.29, 1.82) is 0 Å². The van der Waals surface area contributed by atoms with Gasteiger partial charge in [-0.1, -0.05) is 48.5 Å². The standard InChI is InChI=1S/C19H16N2O2S/c22-19(20-16-11-5-2-6-12-16)18(15-9-3-1-4-10-15)24-17-13-7-8-14-21(17)23/h1-14,18H,(H,20,22)/t18-/m1/s1. The van der Waals surface area contributed by atoms with Crippen molar-refractivity contribution in [3.8, 4) is 0 Å². The number of thioether (sulfide) groups is 1. The maximum atomic E-state index is 12.8. The Labute approximate surface area is 144 Å². The van der Waals surface area contributed by atoms with Gasteiger partial charge in [-0.15, -0.1) is 0 Å². The first kappa shape index (κ1) is 16.1. The summed E-state index contributed by atoms with van der Waals surface area (Å²) in [5.41, 5.74) is 1.58. The Morgan fingerprint density at radius 3 is 2.21 bits per heavy atom. The van der Waals surface area contributed by atoms with Crippen LogP contribution in [0.2, 0.25) is 0 Å². The van der Waals surface area contributed by atoms with Crippen molar-refractivity contribution in [2.24, 2.45) is 0 Å². The van der Waals surface area contributed by atoms with E-state index in [1.54, 1.807) is 18.2 Å². The van der Waals surface area contributed by atoms with Crippen LogP contribution in [-0.2, 0) is 4.79 Å². The molecule has 0 aliphatic heterocycles. The number of carbonyl (C=O) groups is 1. The monoisotopic (exact) mass is 336 g/mol. The molecule has 3 aromatic rings. The fraction of sp³-hybridized carbons (Fsp3) is 0.0526. The van der Waals surface area contributed by atoms with Gasteiger partial charge < -0.3 is 10.5 Å². The van der Waals surface area contributed by atoms with E-state index in [-0.39, 0.29) is 5.91 Å². The van der Waals surface area contributed by atoms with Crippen molar-refractivity contribution >= 4 is 23.4 Å². The zero-order valence-electron chi connectivity index (χ0n) is 12.8. The molecule has 3 rings (SSSR count). The highest BCUT2D eigenvalue weighted by Crippen LogP contribution is 2.34. The van der Waals surface area contributed by atoms with Gasteiger partial charge in [-0.25, -0.2) is 0 Å². The smallest absolute Gasteiger partial charge is 0.252 e.